The van der Waals surface area contributed by atoms with Crippen LogP contribution in [0.2, 0.25) is 0 Å². The number of amides is 1. The Morgan fingerprint density at radius 3 is 2.50 bits per heavy atom. The van der Waals surface area contributed by atoms with E-state index in [-0.39, 0.29) is 42.4 Å². The highest BCUT2D eigenvalue weighted by atomic mass is 19.1. The molecular weight excluding hydrogens is 535 g/mol. The zero-order valence-electron chi connectivity index (χ0n) is 22.9. The quantitative estimate of drug-likeness (QED) is 0.269. The maximum Gasteiger partial charge on any atom is 0.259 e. The van der Waals surface area contributed by atoms with Crippen LogP contribution in [0.4, 0.5) is 4.39 Å². The van der Waals surface area contributed by atoms with Gasteiger partial charge < -0.3 is 0 Å². The molecule has 0 atom stereocenters. The molecule has 0 saturated carbocycles. The van der Waals surface area contributed by atoms with E-state index in [4.69, 9.17) is 0 Å². The smallest absolute Gasteiger partial charge is 0.259 e. The zero-order valence-corrected chi connectivity index (χ0v) is 22.9. The Balaban J connectivity index is 1.45. The van der Waals surface area contributed by atoms with E-state index >= 15 is 0 Å². The first-order valence-electron chi connectivity index (χ1n) is 13.7. The summed E-state index contributed by atoms with van der Waals surface area (Å²) in [4.78, 5) is 43.5. The molecule has 0 aliphatic carbocycles. The van der Waals surface area contributed by atoms with Gasteiger partial charge in [-0.2, -0.15) is 15.2 Å². The average molecular weight is 563 g/mol. The van der Waals surface area contributed by atoms with E-state index in [1.54, 1.807) is 4.52 Å². The predicted octanol–water partition coefficient (Wildman–Crippen LogP) is 4.35. The Morgan fingerprint density at radius 1 is 1.00 bits per heavy atom. The minimum Gasteiger partial charge on any atom is -0.292 e. The fourth-order valence-corrected chi connectivity index (χ4v) is 5.33. The maximum atomic E-state index is 14.1. The number of aromatic nitrogens is 4. The molecule has 1 aliphatic heterocycles. The van der Waals surface area contributed by atoms with Crippen LogP contribution < -0.4 is 11.0 Å². The summed E-state index contributed by atoms with van der Waals surface area (Å²) in [7, 11) is 0. The molecule has 0 unspecified atom stereocenters. The zero-order chi connectivity index (χ0) is 29.2. The van der Waals surface area contributed by atoms with Crippen molar-refractivity contribution in [3.63, 3.8) is 0 Å². The van der Waals surface area contributed by atoms with Crippen molar-refractivity contribution in [1.29, 1.82) is 0 Å². The van der Waals surface area contributed by atoms with Gasteiger partial charge in [-0.05, 0) is 53.4 Å². The highest BCUT2D eigenvalue weighted by molar-refractivity contribution is 6.16. The van der Waals surface area contributed by atoms with Crippen LogP contribution >= 0.6 is 0 Å². The molecule has 9 nitrogen and oxygen atoms in total. The van der Waals surface area contributed by atoms with E-state index in [2.05, 4.69) is 20.6 Å². The lowest BCUT2D eigenvalue weighted by molar-refractivity contribution is -0.119. The molecule has 1 aliphatic rings. The van der Waals surface area contributed by atoms with Gasteiger partial charge in [-0.15, -0.1) is 0 Å². The molecule has 42 heavy (non-hydrogen) atoms. The number of carbonyl (C=O) groups excluding carboxylic acids is 2. The van der Waals surface area contributed by atoms with Crippen molar-refractivity contribution in [2.75, 3.05) is 0 Å². The minimum atomic E-state index is -0.448. The van der Waals surface area contributed by atoms with Crippen molar-refractivity contribution in [3.8, 4) is 11.1 Å². The number of fused-ring (bicyclic) bond motifs is 1. The van der Waals surface area contributed by atoms with Crippen LogP contribution in [-0.4, -0.2) is 36.6 Å². The Labute approximate surface area is 240 Å². The fraction of sp³-hybridized carbons (Fsp3) is 0.188. The van der Waals surface area contributed by atoms with Crippen LogP contribution in [0.1, 0.15) is 52.5 Å². The molecule has 0 spiro atoms. The monoisotopic (exact) mass is 562 g/mol. The first-order valence-corrected chi connectivity index (χ1v) is 13.7. The van der Waals surface area contributed by atoms with Crippen molar-refractivity contribution in [3.05, 3.63) is 123 Å². The lowest BCUT2D eigenvalue weighted by Crippen LogP contribution is -2.32. The molecule has 6 rings (SSSR count). The van der Waals surface area contributed by atoms with Gasteiger partial charge in [0.25, 0.3) is 5.56 Å². The Kier molecular flexibility index (Phi) is 7.26. The molecule has 0 saturated heterocycles. The summed E-state index contributed by atoms with van der Waals surface area (Å²) in [6.07, 6.45) is 3.14. The number of hydrazone groups is 1. The SMILES string of the molecule is CCCc1c(Cc2ccc(-c3ccccc3)c(C3=NNC(=O)C3)c2)c(=O)n(CC(=O)c2ccc(F)cc2)c2ncnn12. The standard InChI is InChI=1S/C32H27FN6O3/c1-2-6-28-26(31(42)38(32-34-19-35-39(28)32)18-29(40)22-10-12-23(33)13-11-22)16-20-9-14-24(21-7-4-3-5-8-21)25(15-20)27-17-30(41)37-36-27/h3-5,7-15,19H,2,6,16-18H2,1H3,(H,37,41). The molecule has 1 N–H and O–H groups in total. The molecule has 0 fully saturated rings. The number of carbonyl (C=O) groups is 2. The first-order chi connectivity index (χ1) is 20.4. The van der Waals surface area contributed by atoms with E-state index in [1.165, 1.54) is 35.2 Å². The lowest BCUT2D eigenvalue weighted by atomic mass is 9.91. The van der Waals surface area contributed by atoms with Crippen molar-refractivity contribution >= 4 is 23.2 Å². The van der Waals surface area contributed by atoms with Crippen LogP contribution in [0.15, 0.2) is 89.0 Å². The molecule has 210 valence electrons. The van der Waals surface area contributed by atoms with Crippen LogP contribution in [0.5, 0.6) is 0 Å². The third-order valence-electron chi connectivity index (χ3n) is 7.34. The first kappa shape index (κ1) is 26.9. The maximum absolute atomic E-state index is 14.1. The lowest BCUT2D eigenvalue weighted by Gasteiger charge is -2.16. The fourth-order valence-electron chi connectivity index (χ4n) is 5.33. The molecule has 3 aromatic carbocycles. The number of rotatable bonds is 9. The van der Waals surface area contributed by atoms with Gasteiger partial charge in [0.2, 0.25) is 11.7 Å². The Bertz CT molecular complexity index is 1910. The number of hydrogen-bond donors (Lipinski definition) is 1. The second-order valence-corrected chi connectivity index (χ2v) is 10.2. The van der Waals surface area contributed by atoms with E-state index in [0.29, 0.717) is 23.3 Å². The van der Waals surface area contributed by atoms with Crippen LogP contribution in [-0.2, 0) is 24.2 Å². The van der Waals surface area contributed by atoms with Crippen LogP contribution in [0.3, 0.4) is 0 Å². The van der Waals surface area contributed by atoms with Crippen LogP contribution in [0, 0.1) is 5.82 Å². The van der Waals surface area contributed by atoms with Crippen molar-refractivity contribution in [2.45, 2.75) is 39.2 Å². The summed E-state index contributed by atoms with van der Waals surface area (Å²) in [5, 5.41) is 8.66. The average Bonchev–Trinajstić information content (AvgIpc) is 3.67. The van der Waals surface area contributed by atoms with Gasteiger partial charge in [0.1, 0.15) is 12.1 Å². The van der Waals surface area contributed by atoms with Gasteiger partial charge in [0.15, 0.2) is 5.78 Å². The Morgan fingerprint density at radius 2 is 1.79 bits per heavy atom. The molecule has 1 amide bonds. The van der Waals surface area contributed by atoms with E-state index in [9.17, 15) is 18.8 Å². The van der Waals surface area contributed by atoms with E-state index in [1.807, 2.05) is 55.5 Å². The topological polar surface area (TPSA) is 111 Å². The molecule has 3 heterocycles. The molecular formula is C32H27FN6O3. The number of nitrogens with zero attached hydrogens (tertiary/aromatic N) is 5. The largest absolute Gasteiger partial charge is 0.292 e. The normalized spacial score (nSPS) is 12.9. The van der Waals surface area contributed by atoms with Crippen LogP contribution in [0.25, 0.3) is 16.9 Å². The van der Waals surface area contributed by atoms with Gasteiger partial charge in [0, 0.05) is 23.1 Å². The van der Waals surface area contributed by atoms with Gasteiger partial charge >= 0.3 is 0 Å². The number of hydrogen-bond acceptors (Lipinski definition) is 6. The van der Waals surface area contributed by atoms with Crippen molar-refractivity contribution in [1.82, 2.24) is 24.6 Å². The molecule has 10 heteroatoms. The summed E-state index contributed by atoms with van der Waals surface area (Å²) in [6.45, 7) is 1.75. The summed E-state index contributed by atoms with van der Waals surface area (Å²) >= 11 is 0. The molecule has 2 aromatic heterocycles. The number of Topliss-reactive ketones (excluding diaryl/α,β-unsaturated/α-hetero) is 1. The Hall–Kier alpha value is -5.25. The second-order valence-electron chi connectivity index (χ2n) is 10.2. The molecule has 0 radical (unpaired) electrons. The summed E-state index contributed by atoms with van der Waals surface area (Å²) < 4.78 is 16.4. The van der Waals surface area contributed by atoms with Crippen molar-refractivity contribution < 1.29 is 14.0 Å². The number of aryl methyl sites for hydroxylation is 1. The number of nitrogens with one attached hydrogen (secondary N) is 1. The van der Waals surface area contributed by atoms with Gasteiger partial charge in [-0.3, -0.25) is 19.0 Å². The number of benzene rings is 3. The van der Waals surface area contributed by atoms with Gasteiger partial charge in [0.05, 0.1) is 24.4 Å². The highest BCUT2D eigenvalue weighted by Crippen LogP contribution is 2.28. The van der Waals surface area contributed by atoms with Crippen molar-refractivity contribution in [2.24, 2.45) is 5.10 Å². The van der Waals surface area contributed by atoms with E-state index in [0.717, 1.165) is 34.4 Å². The third kappa shape index (κ3) is 5.14. The number of halogens is 1. The molecule has 5 aromatic rings. The van der Waals surface area contributed by atoms with Gasteiger partial charge in [-0.1, -0.05) is 55.8 Å². The second kappa shape index (κ2) is 11.3. The predicted molar refractivity (Wildman–Crippen MR) is 156 cm³/mol. The highest BCUT2D eigenvalue weighted by Gasteiger charge is 2.23. The summed E-state index contributed by atoms with van der Waals surface area (Å²) in [6, 6.07) is 21.0. The number of ketones is 1. The van der Waals surface area contributed by atoms with E-state index < -0.39 is 5.82 Å². The summed E-state index contributed by atoms with van der Waals surface area (Å²) in [5.74, 6) is -0.698. The van der Waals surface area contributed by atoms with Gasteiger partial charge in [-0.25, -0.2) is 14.3 Å². The third-order valence-corrected chi connectivity index (χ3v) is 7.34. The minimum absolute atomic E-state index is 0.160. The summed E-state index contributed by atoms with van der Waals surface area (Å²) in [5.41, 5.74) is 7.92. The molecule has 0 bridgehead atoms.